The Bertz CT molecular complexity index is 1120. The van der Waals surface area contributed by atoms with Crippen molar-refractivity contribution in [3.8, 4) is 0 Å². The second-order valence-electron chi connectivity index (χ2n) is 7.49. The average Bonchev–Trinajstić information content (AvgIpc) is 3.27. The zero-order valence-electron chi connectivity index (χ0n) is 17.3. The molecule has 3 aromatic rings. The molecule has 9 heteroatoms. The van der Waals surface area contributed by atoms with Gasteiger partial charge in [0.15, 0.2) is 0 Å². The molecule has 0 bridgehead atoms. The fraction of sp³-hybridized carbons (Fsp3) is 0.261. The molecule has 2 unspecified atom stereocenters. The number of nitrogens with one attached hydrogen (secondary N) is 2. The standard InChI is InChI=1S/C23H22F2N4O3/c1-32-22(30)19(11-14-5-3-2-4-6-14)28-23(31)29-10-9-18-20(27-13-26-18)21(29)16-8-7-15(24)12-17(16)25/h2-8,12-13,19,21H,9-11H2,1H3,(H,26,27)(H,28,31). The number of halogens is 2. The van der Waals surface area contributed by atoms with Crippen molar-refractivity contribution in [3.05, 3.63) is 89.0 Å². The molecule has 2 atom stereocenters. The molecule has 2 N–H and O–H groups in total. The number of ether oxygens (including phenoxy) is 1. The normalized spacial score (nSPS) is 16.2. The Labute approximate surface area is 183 Å². The number of esters is 1. The summed E-state index contributed by atoms with van der Waals surface area (Å²) in [6.07, 6.45) is 2.19. The smallest absolute Gasteiger partial charge is 0.328 e. The van der Waals surface area contributed by atoms with Crippen LogP contribution in [-0.4, -0.2) is 46.6 Å². The summed E-state index contributed by atoms with van der Waals surface area (Å²) in [5.41, 5.74) is 2.22. The molecule has 0 fully saturated rings. The number of aromatic nitrogens is 2. The van der Waals surface area contributed by atoms with Crippen LogP contribution in [0.4, 0.5) is 13.6 Å². The first-order chi connectivity index (χ1) is 15.5. The Morgan fingerprint density at radius 1 is 1.25 bits per heavy atom. The van der Waals surface area contributed by atoms with E-state index in [1.165, 1.54) is 24.4 Å². The van der Waals surface area contributed by atoms with Gasteiger partial charge in [0, 0.05) is 36.7 Å². The lowest BCUT2D eigenvalue weighted by molar-refractivity contribution is -0.142. The molecule has 1 aliphatic heterocycles. The fourth-order valence-electron chi connectivity index (χ4n) is 3.95. The largest absolute Gasteiger partial charge is 0.467 e. The van der Waals surface area contributed by atoms with Gasteiger partial charge in [0.1, 0.15) is 23.7 Å². The van der Waals surface area contributed by atoms with E-state index in [1.54, 1.807) is 0 Å². The molecule has 2 heterocycles. The summed E-state index contributed by atoms with van der Waals surface area (Å²) in [6, 6.07) is 10.1. The van der Waals surface area contributed by atoms with Crippen LogP contribution in [0.15, 0.2) is 54.9 Å². The first-order valence-electron chi connectivity index (χ1n) is 10.1. The molecule has 2 amide bonds. The van der Waals surface area contributed by atoms with Gasteiger partial charge in [-0.25, -0.2) is 23.4 Å². The van der Waals surface area contributed by atoms with Gasteiger partial charge in [0.2, 0.25) is 0 Å². The van der Waals surface area contributed by atoms with E-state index in [9.17, 15) is 18.4 Å². The van der Waals surface area contributed by atoms with E-state index < -0.39 is 35.7 Å². The lowest BCUT2D eigenvalue weighted by atomic mass is 9.95. The highest BCUT2D eigenvalue weighted by Gasteiger charge is 2.37. The number of amides is 2. The summed E-state index contributed by atoms with van der Waals surface area (Å²) in [7, 11) is 1.25. The number of methoxy groups -OCH3 is 1. The number of hydrogen-bond acceptors (Lipinski definition) is 4. The summed E-state index contributed by atoms with van der Waals surface area (Å²) >= 11 is 0. The number of nitrogens with zero attached hydrogens (tertiary/aromatic N) is 2. The maximum atomic E-state index is 14.7. The lowest BCUT2D eigenvalue weighted by Gasteiger charge is -2.36. The third kappa shape index (κ3) is 4.32. The zero-order chi connectivity index (χ0) is 22.7. The Hall–Kier alpha value is -3.75. The number of hydrogen-bond donors (Lipinski definition) is 2. The van der Waals surface area contributed by atoms with Crippen molar-refractivity contribution < 1.29 is 23.1 Å². The third-order valence-electron chi connectivity index (χ3n) is 5.51. The van der Waals surface area contributed by atoms with E-state index in [4.69, 9.17) is 4.74 Å². The van der Waals surface area contributed by atoms with Gasteiger partial charge in [0.05, 0.1) is 19.1 Å². The molecule has 0 radical (unpaired) electrons. The quantitative estimate of drug-likeness (QED) is 0.597. The molecule has 166 valence electrons. The number of H-pyrrole nitrogens is 1. The summed E-state index contributed by atoms with van der Waals surface area (Å²) in [6.45, 7) is 0.252. The highest BCUT2D eigenvalue weighted by Crippen LogP contribution is 2.35. The van der Waals surface area contributed by atoms with E-state index in [1.807, 2.05) is 30.3 Å². The van der Waals surface area contributed by atoms with Crippen LogP contribution in [0.1, 0.15) is 28.6 Å². The molecular weight excluding hydrogens is 418 g/mol. The maximum Gasteiger partial charge on any atom is 0.328 e. The van der Waals surface area contributed by atoms with E-state index in [0.717, 1.165) is 23.4 Å². The number of aromatic amines is 1. The Morgan fingerprint density at radius 3 is 2.75 bits per heavy atom. The number of urea groups is 1. The second-order valence-corrected chi connectivity index (χ2v) is 7.49. The summed E-state index contributed by atoms with van der Waals surface area (Å²) in [4.78, 5) is 34.3. The van der Waals surface area contributed by atoms with Crippen LogP contribution in [-0.2, 0) is 22.4 Å². The van der Waals surface area contributed by atoms with Crippen molar-refractivity contribution in [1.82, 2.24) is 20.2 Å². The van der Waals surface area contributed by atoms with E-state index in [0.29, 0.717) is 12.1 Å². The number of fused-ring (bicyclic) bond motifs is 1. The highest BCUT2D eigenvalue weighted by molar-refractivity contribution is 5.84. The molecular formula is C23H22F2N4O3. The summed E-state index contributed by atoms with van der Waals surface area (Å²) in [5, 5.41) is 2.72. The van der Waals surface area contributed by atoms with Gasteiger partial charge in [0.25, 0.3) is 0 Å². The van der Waals surface area contributed by atoms with E-state index in [2.05, 4.69) is 15.3 Å². The Morgan fingerprint density at radius 2 is 2.03 bits per heavy atom. The molecule has 32 heavy (non-hydrogen) atoms. The van der Waals surface area contributed by atoms with Crippen LogP contribution < -0.4 is 5.32 Å². The molecule has 0 aliphatic carbocycles. The molecule has 1 aromatic heterocycles. The van der Waals surface area contributed by atoms with E-state index >= 15 is 0 Å². The van der Waals surface area contributed by atoms with Crippen LogP contribution in [0.5, 0.6) is 0 Å². The molecule has 7 nitrogen and oxygen atoms in total. The lowest BCUT2D eigenvalue weighted by Crippen LogP contribution is -2.52. The minimum atomic E-state index is -0.936. The SMILES string of the molecule is COC(=O)C(Cc1ccccc1)NC(=O)N1CCc2[nH]cnc2C1c1ccc(F)cc1F. The van der Waals surface area contributed by atoms with Gasteiger partial charge in [-0.3, -0.25) is 0 Å². The highest BCUT2D eigenvalue weighted by atomic mass is 19.1. The number of imidazole rings is 1. The molecule has 1 aliphatic rings. The number of benzene rings is 2. The Kier molecular flexibility index (Phi) is 6.16. The topological polar surface area (TPSA) is 87.3 Å². The predicted octanol–water partition coefficient (Wildman–Crippen LogP) is 3.13. The van der Waals surface area contributed by atoms with Crippen LogP contribution in [0.2, 0.25) is 0 Å². The number of carbonyl (C=O) groups is 2. The third-order valence-corrected chi connectivity index (χ3v) is 5.51. The van der Waals surface area contributed by atoms with Crippen molar-refractivity contribution >= 4 is 12.0 Å². The van der Waals surface area contributed by atoms with Gasteiger partial charge in [-0.05, 0) is 11.6 Å². The van der Waals surface area contributed by atoms with Crippen molar-refractivity contribution in [2.45, 2.75) is 24.9 Å². The van der Waals surface area contributed by atoms with Crippen LogP contribution in [0.25, 0.3) is 0 Å². The van der Waals surface area contributed by atoms with Gasteiger partial charge < -0.3 is 19.9 Å². The molecule has 2 aromatic carbocycles. The van der Waals surface area contributed by atoms with Crippen molar-refractivity contribution in [2.24, 2.45) is 0 Å². The summed E-state index contributed by atoms with van der Waals surface area (Å²) < 4.78 is 33.1. The maximum absolute atomic E-state index is 14.7. The average molecular weight is 440 g/mol. The van der Waals surface area contributed by atoms with Crippen molar-refractivity contribution in [3.63, 3.8) is 0 Å². The molecule has 0 saturated heterocycles. The second kappa shape index (κ2) is 9.17. The molecule has 4 rings (SSSR count). The van der Waals surface area contributed by atoms with Crippen LogP contribution >= 0.6 is 0 Å². The number of rotatable bonds is 5. The minimum absolute atomic E-state index is 0.118. The Balaban J connectivity index is 1.63. The summed E-state index contributed by atoms with van der Waals surface area (Å²) in [5.74, 6) is -2.09. The van der Waals surface area contributed by atoms with Gasteiger partial charge >= 0.3 is 12.0 Å². The van der Waals surface area contributed by atoms with Crippen LogP contribution in [0, 0.1) is 11.6 Å². The first-order valence-corrected chi connectivity index (χ1v) is 10.1. The van der Waals surface area contributed by atoms with E-state index in [-0.39, 0.29) is 18.5 Å². The molecule has 0 spiro atoms. The minimum Gasteiger partial charge on any atom is -0.467 e. The monoisotopic (exact) mass is 440 g/mol. The van der Waals surface area contributed by atoms with Crippen molar-refractivity contribution in [1.29, 1.82) is 0 Å². The van der Waals surface area contributed by atoms with Gasteiger partial charge in [-0.2, -0.15) is 0 Å². The molecule has 0 saturated carbocycles. The number of carbonyl (C=O) groups excluding carboxylic acids is 2. The first kappa shape index (κ1) is 21.5. The zero-order valence-corrected chi connectivity index (χ0v) is 17.3. The van der Waals surface area contributed by atoms with Crippen LogP contribution in [0.3, 0.4) is 0 Å². The fourth-order valence-corrected chi connectivity index (χ4v) is 3.95. The van der Waals surface area contributed by atoms with Gasteiger partial charge in [-0.1, -0.05) is 36.4 Å². The predicted molar refractivity (Wildman–Crippen MR) is 112 cm³/mol. The van der Waals surface area contributed by atoms with Gasteiger partial charge in [-0.15, -0.1) is 0 Å². The van der Waals surface area contributed by atoms with Crippen molar-refractivity contribution in [2.75, 3.05) is 13.7 Å².